The van der Waals surface area contributed by atoms with E-state index in [9.17, 15) is 0 Å². The van der Waals surface area contributed by atoms with Gasteiger partial charge < -0.3 is 20.9 Å². The molecule has 0 saturated carbocycles. The van der Waals surface area contributed by atoms with E-state index in [0.29, 0.717) is 11.5 Å². The van der Waals surface area contributed by atoms with E-state index in [-0.39, 0.29) is 18.5 Å². The Balaban J connectivity index is 1.82. The molecule has 0 aliphatic rings. The van der Waals surface area contributed by atoms with Gasteiger partial charge in [0.15, 0.2) is 0 Å². The van der Waals surface area contributed by atoms with Crippen molar-refractivity contribution in [1.82, 2.24) is 0 Å². The van der Waals surface area contributed by atoms with Crippen molar-refractivity contribution in [1.29, 1.82) is 10.8 Å². The first kappa shape index (κ1) is 17.8. The van der Waals surface area contributed by atoms with Crippen LogP contribution in [0.1, 0.15) is 11.1 Å². The van der Waals surface area contributed by atoms with Crippen molar-refractivity contribution in [2.75, 3.05) is 6.79 Å². The highest BCUT2D eigenvalue weighted by molar-refractivity contribution is 5.93. The highest BCUT2D eigenvalue weighted by Gasteiger charge is 1.97. The van der Waals surface area contributed by atoms with Crippen molar-refractivity contribution in [2.45, 2.75) is 0 Å². The molecule has 25 heavy (non-hydrogen) atoms. The molecule has 0 fully saturated rings. The largest absolute Gasteiger partial charge is 0.458 e. The lowest BCUT2D eigenvalue weighted by Crippen LogP contribution is -2.05. The summed E-state index contributed by atoms with van der Waals surface area (Å²) in [6.45, 7) is 0.0886. The first-order chi connectivity index (χ1) is 12.0. The lowest BCUT2D eigenvalue weighted by atomic mass is 10.2. The number of hydrogen-bond acceptors (Lipinski definition) is 4. The van der Waals surface area contributed by atoms with Gasteiger partial charge in [-0.05, 0) is 47.5 Å². The van der Waals surface area contributed by atoms with Crippen molar-refractivity contribution < 1.29 is 9.47 Å². The summed E-state index contributed by atoms with van der Waals surface area (Å²) in [6, 6.07) is 14.7. The third-order valence-electron chi connectivity index (χ3n) is 3.12. The molecule has 0 radical (unpaired) electrons. The molecule has 0 amide bonds. The maximum atomic E-state index is 7.14. The minimum Gasteiger partial charge on any atom is -0.458 e. The normalized spacial score (nSPS) is 10.9. The molecule has 2 rings (SSSR count). The molecule has 0 heterocycles. The summed E-state index contributed by atoms with van der Waals surface area (Å²) in [7, 11) is 0. The van der Waals surface area contributed by atoms with Crippen molar-refractivity contribution in [2.24, 2.45) is 11.5 Å². The van der Waals surface area contributed by atoms with Gasteiger partial charge in [0.2, 0.25) is 6.79 Å². The van der Waals surface area contributed by atoms with Gasteiger partial charge in [-0.3, -0.25) is 10.8 Å². The highest BCUT2D eigenvalue weighted by Crippen LogP contribution is 2.16. The monoisotopic (exact) mass is 336 g/mol. The Kier molecular flexibility index (Phi) is 6.36. The Labute approximate surface area is 146 Å². The van der Waals surface area contributed by atoms with Gasteiger partial charge in [-0.1, -0.05) is 36.4 Å². The fourth-order valence-electron chi connectivity index (χ4n) is 1.89. The molecule has 0 saturated heterocycles. The summed E-state index contributed by atoms with van der Waals surface area (Å²) in [5.74, 6) is 1.38. The Hall–Kier alpha value is -3.54. The van der Waals surface area contributed by atoms with Crippen LogP contribution in [0.5, 0.6) is 11.5 Å². The number of hydrogen-bond donors (Lipinski definition) is 4. The summed E-state index contributed by atoms with van der Waals surface area (Å²) >= 11 is 0. The molecule has 2 aromatic rings. The van der Waals surface area contributed by atoms with E-state index in [4.69, 9.17) is 31.8 Å². The van der Waals surface area contributed by atoms with Crippen LogP contribution in [0.25, 0.3) is 12.2 Å². The van der Waals surface area contributed by atoms with Gasteiger partial charge in [0, 0.05) is 0 Å². The minimum atomic E-state index is 0.0107. The topological polar surface area (TPSA) is 118 Å². The van der Waals surface area contributed by atoms with Crippen LogP contribution in [0.15, 0.2) is 60.7 Å². The van der Waals surface area contributed by atoms with E-state index in [1.807, 2.05) is 48.5 Å². The van der Waals surface area contributed by atoms with Gasteiger partial charge in [0.05, 0.1) is 0 Å². The average molecular weight is 336 g/mol. The molecule has 6 heteroatoms. The van der Waals surface area contributed by atoms with Gasteiger partial charge in [-0.25, -0.2) is 0 Å². The Bertz CT molecular complexity index is 711. The van der Waals surface area contributed by atoms with E-state index < -0.39 is 0 Å². The Morgan fingerprint density at radius 1 is 0.720 bits per heavy atom. The first-order valence-corrected chi connectivity index (χ1v) is 7.53. The van der Waals surface area contributed by atoms with Gasteiger partial charge in [-0.2, -0.15) is 0 Å². The highest BCUT2D eigenvalue weighted by atomic mass is 16.7. The number of benzene rings is 2. The maximum absolute atomic E-state index is 7.14. The van der Waals surface area contributed by atoms with Crippen LogP contribution in [0.2, 0.25) is 0 Å². The van der Waals surface area contributed by atoms with Gasteiger partial charge in [-0.15, -0.1) is 0 Å². The molecule has 128 valence electrons. The molecule has 6 N–H and O–H groups in total. The minimum absolute atomic E-state index is 0.0107. The zero-order chi connectivity index (χ0) is 18.1. The Morgan fingerprint density at radius 2 is 1.08 bits per heavy atom. The lowest BCUT2D eigenvalue weighted by Gasteiger charge is -2.09. The van der Waals surface area contributed by atoms with Crippen LogP contribution < -0.4 is 20.9 Å². The predicted octanol–water partition coefficient (Wildman–Crippen LogP) is 3.00. The first-order valence-electron chi connectivity index (χ1n) is 7.53. The fourth-order valence-corrected chi connectivity index (χ4v) is 1.89. The van der Waals surface area contributed by atoms with Crippen LogP contribution >= 0.6 is 0 Å². The summed E-state index contributed by atoms with van der Waals surface area (Å²) in [5, 5.41) is 14.3. The number of nitrogens with two attached hydrogens (primary N) is 2. The molecule has 2 aromatic carbocycles. The second kappa shape index (κ2) is 8.93. The molecular weight excluding hydrogens is 316 g/mol. The molecule has 0 atom stereocenters. The van der Waals surface area contributed by atoms with Crippen LogP contribution in [-0.2, 0) is 0 Å². The maximum Gasteiger partial charge on any atom is 0.230 e. The van der Waals surface area contributed by atoms with Crippen molar-refractivity contribution in [3.63, 3.8) is 0 Å². The number of ether oxygens (including phenoxy) is 2. The quantitative estimate of drug-likeness (QED) is 0.336. The predicted molar refractivity (Wildman–Crippen MR) is 101 cm³/mol. The van der Waals surface area contributed by atoms with Gasteiger partial charge in [0.25, 0.3) is 0 Å². The molecule has 0 bridgehead atoms. The summed E-state index contributed by atoms with van der Waals surface area (Å²) in [5.41, 5.74) is 12.4. The molecule has 0 unspecified atom stereocenters. The van der Waals surface area contributed by atoms with E-state index >= 15 is 0 Å². The zero-order valence-electron chi connectivity index (χ0n) is 13.6. The standard InChI is InChI=1S/C19H20N4O2/c20-18(21)11-5-14-1-7-16(8-2-14)24-13-25-17-9-3-15(4-10-17)6-12-19(22)23/h1-12H,13H2,(H3,20,21)(H3,22,23). The number of nitrogens with one attached hydrogen (secondary N) is 2. The second-order valence-electron chi connectivity index (χ2n) is 5.12. The zero-order valence-corrected chi connectivity index (χ0v) is 13.6. The molecule has 0 aromatic heterocycles. The molecule has 6 nitrogen and oxygen atoms in total. The summed E-state index contributed by atoms with van der Waals surface area (Å²) in [4.78, 5) is 0. The fraction of sp³-hybridized carbons (Fsp3) is 0.0526. The van der Waals surface area contributed by atoms with Crippen molar-refractivity contribution in [3.8, 4) is 11.5 Å². The van der Waals surface area contributed by atoms with E-state index in [0.717, 1.165) is 11.1 Å². The van der Waals surface area contributed by atoms with Crippen LogP contribution in [0, 0.1) is 10.8 Å². The van der Waals surface area contributed by atoms with Crippen LogP contribution in [0.4, 0.5) is 0 Å². The summed E-state index contributed by atoms with van der Waals surface area (Å²) < 4.78 is 11.1. The number of amidine groups is 2. The van der Waals surface area contributed by atoms with Gasteiger partial charge in [0.1, 0.15) is 23.2 Å². The van der Waals surface area contributed by atoms with E-state index in [1.54, 1.807) is 12.2 Å². The van der Waals surface area contributed by atoms with Crippen LogP contribution in [-0.4, -0.2) is 18.5 Å². The van der Waals surface area contributed by atoms with Crippen molar-refractivity contribution in [3.05, 3.63) is 71.8 Å². The smallest absolute Gasteiger partial charge is 0.230 e. The lowest BCUT2D eigenvalue weighted by molar-refractivity contribution is 0.120. The second-order valence-corrected chi connectivity index (χ2v) is 5.12. The molecule has 0 aliphatic carbocycles. The third-order valence-corrected chi connectivity index (χ3v) is 3.12. The SMILES string of the molecule is N=C(N)C=Cc1ccc(OCOc2ccc(C=CC(=N)N)cc2)cc1. The summed E-state index contributed by atoms with van der Waals surface area (Å²) in [6.07, 6.45) is 6.55. The van der Waals surface area contributed by atoms with Crippen molar-refractivity contribution >= 4 is 23.8 Å². The number of rotatable bonds is 8. The Morgan fingerprint density at radius 3 is 1.40 bits per heavy atom. The van der Waals surface area contributed by atoms with Gasteiger partial charge >= 0.3 is 0 Å². The molecule has 0 aliphatic heterocycles. The third kappa shape index (κ3) is 6.62. The van der Waals surface area contributed by atoms with Crippen LogP contribution in [0.3, 0.4) is 0 Å². The average Bonchev–Trinajstić information content (AvgIpc) is 2.60. The molecular formula is C19H20N4O2. The van der Waals surface area contributed by atoms with E-state index in [1.165, 1.54) is 12.2 Å². The van der Waals surface area contributed by atoms with E-state index in [2.05, 4.69) is 0 Å². The molecule has 0 spiro atoms.